The van der Waals surface area contributed by atoms with E-state index in [1.54, 1.807) is 16.4 Å². The SMILES string of the molecule is Nc1ccc(S(=O)(=O)N2CCCC3CCCC32)cc1Cl. The van der Waals surface area contributed by atoms with Gasteiger partial charge in [-0.15, -0.1) is 0 Å². The molecule has 1 saturated heterocycles. The summed E-state index contributed by atoms with van der Waals surface area (Å²) in [6, 6.07) is 4.75. The fourth-order valence-corrected chi connectivity index (χ4v) is 5.54. The van der Waals surface area contributed by atoms with Gasteiger partial charge in [0.05, 0.1) is 15.6 Å². The van der Waals surface area contributed by atoms with Gasteiger partial charge < -0.3 is 5.73 Å². The Kier molecular flexibility index (Phi) is 3.69. The Morgan fingerprint density at radius 3 is 2.70 bits per heavy atom. The van der Waals surface area contributed by atoms with Crippen molar-refractivity contribution in [3.8, 4) is 0 Å². The van der Waals surface area contributed by atoms with Crippen molar-refractivity contribution in [3.63, 3.8) is 0 Å². The molecule has 2 atom stereocenters. The number of nitrogen functional groups attached to an aromatic ring is 1. The summed E-state index contributed by atoms with van der Waals surface area (Å²) in [6.07, 6.45) is 5.36. The van der Waals surface area contributed by atoms with Gasteiger partial charge >= 0.3 is 0 Å². The van der Waals surface area contributed by atoms with Crippen LogP contribution in [0, 0.1) is 5.92 Å². The van der Waals surface area contributed by atoms with E-state index in [-0.39, 0.29) is 10.9 Å². The Balaban J connectivity index is 1.96. The van der Waals surface area contributed by atoms with E-state index < -0.39 is 10.0 Å². The lowest BCUT2D eigenvalue weighted by Crippen LogP contribution is -2.46. The minimum Gasteiger partial charge on any atom is -0.398 e. The minimum absolute atomic E-state index is 0.171. The predicted molar refractivity (Wildman–Crippen MR) is 80.1 cm³/mol. The van der Waals surface area contributed by atoms with E-state index in [9.17, 15) is 8.42 Å². The van der Waals surface area contributed by atoms with Gasteiger partial charge in [-0.2, -0.15) is 4.31 Å². The highest BCUT2D eigenvalue weighted by molar-refractivity contribution is 7.89. The van der Waals surface area contributed by atoms with Gasteiger partial charge in [-0.1, -0.05) is 18.0 Å². The highest BCUT2D eigenvalue weighted by atomic mass is 35.5. The van der Waals surface area contributed by atoms with Crippen LogP contribution < -0.4 is 5.73 Å². The van der Waals surface area contributed by atoms with Crippen LogP contribution >= 0.6 is 11.6 Å². The molecule has 3 rings (SSSR count). The Bertz CT molecular complexity index is 618. The van der Waals surface area contributed by atoms with Crippen molar-refractivity contribution in [2.45, 2.75) is 43.0 Å². The fraction of sp³-hybridized carbons (Fsp3) is 0.571. The third kappa shape index (κ3) is 2.32. The normalized spacial score (nSPS) is 27.4. The van der Waals surface area contributed by atoms with E-state index in [4.69, 9.17) is 17.3 Å². The molecule has 6 heteroatoms. The predicted octanol–water partition coefficient (Wildman–Crippen LogP) is 2.88. The Morgan fingerprint density at radius 1 is 1.20 bits per heavy atom. The third-order valence-electron chi connectivity index (χ3n) is 4.52. The first kappa shape index (κ1) is 14.2. The molecule has 2 unspecified atom stereocenters. The monoisotopic (exact) mass is 314 g/mol. The lowest BCUT2D eigenvalue weighted by molar-refractivity contribution is 0.202. The molecule has 4 nitrogen and oxygen atoms in total. The molecule has 20 heavy (non-hydrogen) atoms. The van der Waals surface area contributed by atoms with Gasteiger partial charge in [-0.25, -0.2) is 8.42 Å². The van der Waals surface area contributed by atoms with Gasteiger partial charge in [0.15, 0.2) is 0 Å². The summed E-state index contributed by atoms with van der Waals surface area (Å²) in [5.41, 5.74) is 6.06. The molecular weight excluding hydrogens is 296 g/mol. The molecule has 0 amide bonds. The van der Waals surface area contributed by atoms with E-state index in [2.05, 4.69) is 0 Å². The molecule has 1 aliphatic carbocycles. The summed E-state index contributed by atoms with van der Waals surface area (Å²) in [7, 11) is -3.46. The summed E-state index contributed by atoms with van der Waals surface area (Å²) in [5.74, 6) is 0.530. The number of rotatable bonds is 2. The van der Waals surface area contributed by atoms with Crippen molar-refractivity contribution in [2.24, 2.45) is 5.92 Å². The summed E-state index contributed by atoms with van der Waals surface area (Å²) >= 11 is 5.96. The first-order valence-electron chi connectivity index (χ1n) is 7.07. The molecular formula is C14H19ClN2O2S. The average molecular weight is 315 g/mol. The number of sulfonamides is 1. The van der Waals surface area contributed by atoms with Gasteiger partial charge in [-0.3, -0.25) is 0 Å². The number of halogens is 1. The number of anilines is 1. The van der Waals surface area contributed by atoms with Crippen LogP contribution in [0.1, 0.15) is 32.1 Å². The molecule has 0 radical (unpaired) electrons. The zero-order chi connectivity index (χ0) is 14.3. The smallest absolute Gasteiger partial charge is 0.243 e. The van der Waals surface area contributed by atoms with Gasteiger partial charge in [-0.05, 0) is 49.8 Å². The summed E-state index contributed by atoms with van der Waals surface area (Å²) in [4.78, 5) is 0.254. The number of hydrogen-bond donors (Lipinski definition) is 1. The Labute approximate surface area is 125 Å². The summed E-state index contributed by atoms with van der Waals surface area (Å²) < 4.78 is 27.3. The van der Waals surface area contributed by atoms with E-state index in [1.165, 1.54) is 6.07 Å². The highest BCUT2D eigenvalue weighted by Crippen LogP contribution is 2.39. The van der Waals surface area contributed by atoms with Crippen molar-refractivity contribution >= 4 is 27.3 Å². The Hall–Kier alpha value is -0.780. The second-order valence-electron chi connectivity index (χ2n) is 5.70. The van der Waals surface area contributed by atoms with Crippen molar-refractivity contribution in [2.75, 3.05) is 12.3 Å². The van der Waals surface area contributed by atoms with Crippen LogP contribution in [0.4, 0.5) is 5.69 Å². The molecule has 1 saturated carbocycles. The molecule has 2 fully saturated rings. The largest absolute Gasteiger partial charge is 0.398 e. The third-order valence-corrected chi connectivity index (χ3v) is 6.77. The van der Waals surface area contributed by atoms with Gasteiger partial charge in [0.2, 0.25) is 10.0 Å². The van der Waals surface area contributed by atoms with Crippen LogP contribution in [-0.2, 0) is 10.0 Å². The molecule has 1 aliphatic heterocycles. The summed E-state index contributed by atoms with van der Waals surface area (Å²) in [6.45, 7) is 0.617. The van der Waals surface area contributed by atoms with E-state index >= 15 is 0 Å². The van der Waals surface area contributed by atoms with Gasteiger partial charge in [0.1, 0.15) is 0 Å². The number of fused-ring (bicyclic) bond motifs is 1. The molecule has 1 aromatic rings. The number of nitrogens with two attached hydrogens (primary N) is 1. The van der Waals surface area contributed by atoms with Crippen LogP contribution in [-0.4, -0.2) is 25.3 Å². The van der Waals surface area contributed by atoms with Crippen LogP contribution in [0.25, 0.3) is 0 Å². The molecule has 2 aliphatic rings. The second kappa shape index (κ2) is 5.20. The Morgan fingerprint density at radius 2 is 1.95 bits per heavy atom. The second-order valence-corrected chi connectivity index (χ2v) is 8.00. The van der Waals surface area contributed by atoms with Crippen LogP contribution in [0.5, 0.6) is 0 Å². The molecule has 110 valence electrons. The highest BCUT2D eigenvalue weighted by Gasteiger charge is 2.41. The van der Waals surface area contributed by atoms with Crippen molar-refractivity contribution in [1.29, 1.82) is 0 Å². The quantitative estimate of drug-likeness (QED) is 0.854. The number of hydrogen-bond acceptors (Lipinski definition) is 3. The molecule has 0 spiro atoms. The van der Waals surface area contributed by atoms with Crippen LogP contribution in [0.2, 0.25) is 5.02 Å². The average Bonchev–Trinajstić information content (AvgIpc) is 2.89. The van der Waals surface area contributed by atoms with Crippen molar-refractivity contribution < 1.29 is 8.42 Å². The molecule has 2 N–H and O–H groups in total. The first-order chi connectivity index (χ1) is 9.50. The minimum atomic E-state index is -3.46. The van der Waals surface area contributed by atoms with Crippen molar-refractivity contribution in [3.05, 3.63) is 23.2 Å². The number of benzene rings is 1. The van der Waals surface area contributed by atoms with E-state index in [0.29, 0.717) is 23.2 Å². The maximum absolute atomic E-state index is 12.8. The zero-order valence-corrected chi connectivity index (χ0v) is 12.8. The van der Waals surface area contributed by atoms with Crippen LogP contribution in [0.15, 0.2) is 23.1 Å². The van der Waals surface area contributed by atoms with E-state index in [1.807, 2.05) is 0 Å². The molecule has 1 aromatic carbocycles. The first-order valence-corrected chi connectivity index (χ1v) is 8.89. The molecule has 0 aromatic heterocycles. The lowest BCUT2D eigenvalue weighted by atomic mass is 9.94. The van der Waals surface area contributed by atoms with E-state index in [0.717, 1.165) is 32.1 Å². The fourth-order valence-electron chi connectivity index (χ4n) is 3.51. The topological polar surface area (TPSA) is 63.4 Å². The maximum atomic E-state index is 12.8. The molecule has 1 heterocycles. The standard InChI is InChI=1S/C14H19ClN2O2S/c15-12-9-11(6-7-13(12)16)20(18,19)17-8-2-4-10-3-1-5-14(10)17/h6-7,9-10,14H,1-5,8,16H2. The molecule has 0 bridgehead atoms. The van der Waals surface area contributed by atoms with Crippen molar-refractivity contribution in [1.82, 2.24) is 4.31 Å². The van der Waals surface area contributed by atoms with Gasteiger partial charge in [0.25, 0.3) is 0 Å². The number of nitrogens with zero attached hydrogens (tertiary/aromatic N) is 1. The maximum Gasteiger partial charge on any atom is 0.243 e. The number of piperidine rings is 1. The van der Waals surface area contributed by atoms with Gasteiger partial charge in [0, 0.05) is 12.6 Å². The van der Waals surface area contributed by atoms with Crippen LogP contribution in [0.3, 0.4) is 0 Å². The zero-order valence-electron chi connectivity index (χ0n) is 11.3. The summed E-state index contributed by atoms with van der Waals surface area (Å²) in [5, 5.41) is 0.297. The lowest BCUT2D eigenvalue weighted by Gasteiger charge is -2.36.